The van der Waals surface area contributed by atoms with Crippen molar-refractivity contribution in [1.29, 1.82) is 0 Å². The van der Waals surface area contributed by atoms with E-state index in [1.165, 1.54) is 31.9 Å². The van der Waals surface area contributed by atoms with Crippen molar-refractivity contribution < 1.29 is 9.53 Å². The summed E-state index contributed by atoms with van der Waals surface area (Å²) < 4.78 is 6.58. The number of benzene rings is 1. The summed E-state index contributed by atoms with van der Waals surface area (Å²) in [6.07, 6.45) is 5.68. The van der Waals surface area contributed by atoms with Gasteiger partial charge in [0.1, 0.15) is 5.82 Å². The maximum Gasteiger partial charge on any atom is 0.358 e. The van der Waals surface area contributed by atoms with Gasteiger partial charge in [-0.3, -0.25) is 0 Å². The van der Waals surface area contributed by atoms with Crippen molar-refractivity contribution in [1.82, 2.24) is 9.78 Å². The lowest BCUT2D eigenvalue weighted by Gasteiger charge is -2.22. The molecule has 0 amide bonds. The standard InChI is InChI=1S/C18H23N3O2/c1-12-8-10-14(11-9-12)21-17(19)15(13-6-4-3-5-7-13)16(20-21)18(22)23-2/h8-11,13H,3-7,19H2,1-2H3. The van der Waals surface area contributed by atoms with Gasteiger partial charge in [0.15, 0.2) is 5.69 Å². The van der Waals surface area contributed by atoms with Gasteiger partial charge in [0.2, 0.25) is 0 Å². The SMILES string of the molecule is COC(=O)c1nn(-c2ccc(C)cc2)c(N)c1C1CCCCC1. The van der Waals surface area contributed by atoms with Crippen molar-refractivity contribution in [3.8, 4) is 5.69 Å². The van der Waals surface area contributed by atoms with Crippen LogP contribution in [0.5, 0.6) is 0 Å². The Balaban J connectivity index is 2.09. The predicted octanol–water partition coefficient (Wildman–Crippen LogP) is 3.60. The molecule has 3 rings (SSSR count). The number of aromatic nitrogens is 2. The van der Waals surface area contributed by atoms with E-state index in [2.05, 4.69) is 5.10 Å². The molecule has 0 radical (unpaired) electrons. The number of nitrogen functional groups attached to an aromatic ring is 1. The quantitative estimate of drug-likeness (QED) is 0.879. The molecule has 0 atom stereocenters. The van der Waals surface area contributed by atoms with Gasteiger partial charge in [-0.1, -0.05) is 37.0 Å². The first kappa shape index (κ1) is 15.6. The van der Waals surface area contributed by atoms with Gasteiger partial charge in [0.05, 0.1) is 12.8 Å². The molecule has 5 heteroatoms. The first-order valence-electron chi connectivity index (χ1n) is 8.15. The fourth-order valence-corrected chi connectivity index (χ4v) is 3.37. The number of aryl methyl sites for hydroxylation is 1. The predicted molar refractivity (Wildman–Crippen MR) is 89.9 cm³/mol. The lowest BCUT2D eigenvalue weighted by Crippen LogP contribution is -2.12. The van der Waals surface area contributed by atoms with Crippen LogP contribution >= 0.6 is 0 Å². The number of anilines is 1. The van der Waals surface area contributed by atoms with Crippen LogP contribution in [-0.2, 0) is 4.74 Å². The lowest BCUT2D eigenvalue weighted by atomic mass is 9.83. The average molecular weight is 313 g/mol. The fourth-order valence-electron chi connectivity index (χ4n) is 3.37. The van der Waals surface area contributed by atoms with Gasteiger partial charge in [0, 0.05) is 5.56 Å². The number of hydrogen-bond donors (Lipinski definition) is 1. The lowest BCUT2D eigenvalue weighted by molar-refractivity contribution is 0.0591. The van der Waals surface area contributed by atoms with Crippen LogP contribution in [0.1, 0.15) is 59.6 Å². The molecule has 0 bridgehead atoms. The highest BCUT2D eigenvalue weighted by Gasteiger charge is 2.29. The Labute approximate surface area is 136 Å². The minimum atomic E-state index is -0.414. The Hall–Kier alpha value is -2.30. The van der Waals surface area contributed by atoms with E-state index >= 15 is 0 Å². The monoisotopic (exact) mass is 313 g/mol. The molecule has 0 spiro atoms. The molecular formula is C18H23N3O2. The van der Waals surface area contributed by atoms with E-state index in [1.807, 2.05) is 31.2 Å². The van der Waals surface area contributed by atoms with E-state index in [0.29, 0.717) is 11.5 Å². The van der Waals surface area contributed by atoms with Crippen LogP contribution in [0.25, 0.3) is 5.69 Å². The molecule has 1 aromatic heterocycles. The molecule has 5 nitrogen and oxygen atoms in total. The van der Waals surface area contributed by atoms with Crippen LogP contribution in [0.15, 0.2) is 24.3 Å². The van der Waals surface area contributed by atoms with E-state index in [4.69, 9.17) is 10.5 Å². The van der Waals surface area contributed by atoms with Gasteiger partial charge in [-0.05, 0) is 37.8 Å². The zero-order valence-corrected chi connectivity index (χ0v) is 13.7. The summed E-state index contributed by atoms with van der Waals surface area (Å²) in [4.78, 5) is 12.2. The average Bonchev–Trinajstić information content (AvgIpc) is 2.93. The van der Waals surface area contributed by atoms with Gasteiger partial charge >= 0.3 is 5.97 Å². The maximum absolute atomic E-state index is 12.2. The second-order valence-corrected chi connectivity index (χ2v) is 6.22. The summed E-state index contributed by atoms with van der Waals surface area (Å²) in [5.41, 5.74) is 9.64. The number of nitrogens with two attached hydrogens (primary N) is 1. The summed E-state index contributed by atoms with van der Waals surface area (Å²) in [5.74, 6) is 0.432. The van der Waals surface area contributed by atoms with Gasteiger partial charge in [-0.15, -0.1) is 0 Å². The van der Waals surface area contributed by atoms with Crippen molar-refractivity contribution >= 4 is 11.8 Å². The molecular weight excluding hydrogens is 290 g/mol. The van der Waals surface area contributed by atoms with Crippen LogP contribution in [0.2, 0.25) is 0 Å². The third kappa shape index (κ3) is 2.96. The Kier molecular flexibility index (Phi) is 4.37. The zero-order valence-electron chi connectivity index (χ0n) is 13.7. The van der Waals surface area contributed by atoms with Crippen molar-refractivity contribution in [3.63, 3.8) is 0 Å². The van der Waals surface area contributed by atoms with Crippen LogP contribution in [-0.4, -0.2) is 22.9 Å². The molecule has 2 N–H and O–H groups in total. The van der Waals surface area contributed by atoms with Crippen LogP contribution in [0.3, 0.4) is 0 Å². The Morgan fingerprint density at radius 2 is 1.87 bits per heavy atom. The minimum Gasteiger partial charge on any atom is -0.464 e. The van der Waals surface area contributed by atoms with Crippen molar-refractivity contribution in [3.05, 3.63) is 41.1 Å². The van der Waals surface area contributed by atoms with Gasteiger partial charge < -0.3 is 10.5 Å². The topological polar surface area (TPSA) is 70.1 Å². The van der Waals surface area contributed by atoms with Crippen molar-refractivity contribution in [2.45, 2.75) is 44.9 Å². The second kappa shape index (κ2) is 6.44. The van der Waals surface area contributed by atoms with E-state index in [-0.39, 0.29) is 5.92 Å². The summed E-state index contributed by atoms with van der Waals surface area (Å²) in [6.45, 7) is 2.03. The van der Waals surface area contributed by atoms with Gasteiger partial charge in [0.25, 0.3) is 0 Å². The molecule has 0 unspecified atom stereocenters. The second-order valence-electron chi connectivity index (χ2n) is 6.22. The normalized spacial score (nSPS) is 15.6. The van der Waals surface area contributed by atoms with E-state index in [0.717, 1.165) is 24.1 Å². The molecule has 122 valence electrons. The Bertz CT molecular complexity index is 698. The third-order valence-corrected chi connectivity index (χ3v) is 4.63. The number of carbonyl (C=O) groups excluding carboxylic acids is 1. The molecule has 1 fully saturated rings. The van der Waals surface area contributed by atoms with E-state index in [9.17, 15) is 4.79 Å². The molecule has 0 saturated heterocycles. The van der Waals surface area contributed by atoms with Gasteiger partial charge in [-0.25, -0.2) is 9.48 Å². The molecule has 1 aromatic carbocycles. The largest absolute Gasteiger partial charge is 0.464 e. The van der Waals surface area contributed by atoms with Crippen molar-refractivity contribution in [2.75, 3.05) is 12.8 Å². The Morgan fingerprint density at radius 1 is 1.22 bits per heavy atom. The molecule has 1 aliphatic carbocycles. The van der Waals surface area contributed by atoms with Gasteiger partial charge in [-0.2, -0.15) is 5.10 Å². The highest BCUT2D eigenvalue weighted by atomic mass is 16.5. The molecule has 1 saturated carbocycles. The van der Waals surface area contributed by atoms with Crippen LogP contribution < -0.4 is 5.73 Å². The highest BCUT2D eigenvalue weighted by Crippen LogP contribution is 2.38. The smallest absolute Gasteiger partial charge is 0.358 e. The number of ether oxygens (including phenoxy) is 1. The molecule has 0 aliphatic heterocycles. The number of carbonyl (C=O) groups is 1. The number of methoxy groups -OCH3 is 1. The summed E-state index contributed by atoms with van der Waals surface area (Å²) in [5, 5.41) is 4.47. The number of rotatable bonds is 3. The fraction of sp³-hybridized carbons (Fsp3) is 0.444. The van der Waals surface area contributed by atoms with E-state index in [1.54, 1.807) is 4.68 Å². The summed E-state index contributed by atoms with van der Waals surface area (Å²) >= 11 is 0. The minimum absolute atomic E-state index is 0.289. The van der Waals surface area contributed by atoms with Crippen LogP contribution in [0.4, 0.5) is 5.82 Å². The first-order chi connectivity index (χ1) is 11.1. The van der Waals surface area contributed by atoms with Crippen molar-refractivity contribution in [2.24, 2.45) is 0 Å². The maximum atomic E-state index is 12.2. The van der Waals surface area contributed by atoms with E-state index < -0.39 is 5.97 Å². The van der Waals surface area contributed by atoms with Crippen LogP contribution in [0, 0.1) is 6.92 Å². The summed E-state index contributed by atoms with van der Waals surface area (Å²) in [6, 6.07) is 7.94. The molecule has 2 aromatic rings. The molecule has 1 heterocycles. The number of nitrogens with zero attached hydrogens (tertiary/aromatic N) is 2. The molecule has 1 aliphatic rings. The Morgan fingerprint density at radius 3 is 2.48 bits per heavy atom. The summed E-state index contributed by atoms with van der Waals surface area (Å²) in [7, 11) is 1.38. The third-order valence-electron chi connectivity index (χ3n) is 4.63. The first-order valence-corrected chi connectivity index (χ1v) is 8.15. The number of esters is 1. The zero-order chi connectivity index (χ0) is 16.4. The number of hydrogen-bond acceptors (Lipinski definition) is 4. The molecule has 23 heavy (non-hydrogen) atoms. The highest BCUT2D eigenvalue weighted by molar-refractivity contribution is 5.91.